The van der Waals surface area contributed by atoms with Crippen LogP contribution in [-0.2, 0) is 6.18 Å². The standard InChI is InChI=1S/C7H8F3N3/c1-3-5(11)4(2)13-6(12-3)7(8,9)10/h11H2,1-2H3. The summed E-state index contributed by atoms with van der Waals surface area (Å²) in [5, 5.41) is 0. The Bertz CT molecular complexity index is 309. The van der Waals surface area contributed by atoms with E-state index in [0.717, 1.165) is 0 Å². The second kappa shape index (κ2) is 2.86. The number of alkyl halides is 3. The Morgan fingerprint density at radius 3 is 1.77 bits per heavy atom. The van der Waals surface area contributed by atoms with Crippen LogP contribution in [0.2, 0.25) is 0 Å². The molecule has 0 unspecified atom stereocenters. The second-order valence-electron chi connectivity index (χ2n) is 2.63. The Morgan fingerprint density at radius 2 is 1.46 bits per heavy atom. The minimum Gasteiger partial charge on any atom is -0.396 e. The van der Waals surface area contributed by atoms with Crippen LogP contribution in [0.5, 0.6) is 0 Å². The molecule has 1 heterocycles. The molecule has 3 nitrogen and oxygen atoms in total. The van der Waals surface area contributed by atoms with Gasteiger partial charge in [-0.1, -0.05) is 0 Å². The molecule has 0 atom stereocenters. The normalized spacial score (nSPS) is 11.8. The van der Waals surface area contributed by atoms with Gasteiger partial charge in [0, 0.05) is 0 Å². The van der Waals surface area contributed by atoms with Crippen molar-refractivity contribution in [1.82, 2.24) is 9.97 Å². The van der Waals surface area contributed by atoms with Gasteiger partial charge in [0.2, 0.25) is 5.82 Å². The van der Waals surface area contributed by atoms with Crippen molar-refractivity contribution in [2.75, 3.05) is 5.73 Å². The third kappa shape index (κ3) is 1.88. The monoisotopic (exact) mass is 191 g/mol. The molecule has 0 bridgehead atoms. The first-order valence-corrected chi connectivity index (χ1v) is 3.50. The molecular weight excluding hydrogens is 183 g/mol. The average molecular weight is 191 g/mol. The molecule has 0 aromatic carbocycles. The summed E-state index contributed by atoms with van der Waals surface area (Å²) in [4.78, 5) is 6.49. The zero-order chi connectivity index (χ0) is 10.2. The zero-order valence-corrected chi connectivity index (χ0v) is 7.11. The summed E-state index contributed by atoms with van der Waals surface area (Å²) in [6, 6.07) is 0. The molecule has 6 heteroatoms. The quantitative estimate of drug-likeness (QED) is 0.678. The summed E-state index contributed by atoms with van der Waals surface area (Å²) in [6.45, 7) is 2.83. The molecule has 0 radical (unpaired) electrons. The predicted molar refractivity (Wildman–Crippen MR) is 40.9 cm³/mol. The molecule has 0 spiro atoms. The zero-order valence-electron chi connectivity index (χ0n) is 7.11. The number of aromatic nitrogens is 2. The summed E-state index contributed by atoms with van der Waals surface area (Å²) in [7, 11) is 0. The SMILES string of the molecule is Cc1nc(C(F)(F)F)nc(C)c1N. The van der Waals surface area contributed by atoms with Crippen molar-refractivity contribution >= 4 is 5.69 Å². The van der Waals surface area contributed by atoms with Gasteiger partial charge in [0.15, 0.2) is 0 Å². The Labute approximate surface area is 72.8 Å². The van der Waals surface area contributed by atoms with Gasteiger partial charge in [0.05, 0.1) is 17.1 Å². The fourth-order valence-corrected chi connectivity index (χ4v) is 0.852. The molecule has 0 aliphatic rings. The summed E-state index contributed by atoms with van der Waals surface area (Å²) in [5.74, 6) is -1.14. The number of aryl methyl sites for hydroxylation is 2. The number of rotatable bonds is 0. The lowest BCUT2D eigenvalue weighted by atomic mass is 10.3. The molecule has 0 aliphatic heterocycles. The molecule has 72 valence electrons. The van der Waals surface area contributed by atoms with Gasteiger partial charge < -0.3 is 5.73 Å². The highest BCUT2D eigenvalue weighted by atomic mass is 19.4. The van der Waals surface area contributed by atoms with E-state index >= 15 is 0 Å². The molecule has 2 N–H and O–H groups in total. The molecular formula is C7H8F3N3. The van der Waals surface area contributed by atoms with Crippen LogP contribution in [0.15, 0.2) is 0 Å². The van der Waals surface area contributed by atoms with Crippen molar-refractivity contribution in [3.63, 3.8) is 0 Å². The van der Waals surface area contributed by atoms with Crippen molar-refractivity contribution in [3.8, 4) is 0 Å². The molecule has 13 heavy (non-hydrogen) atoms. The smallest absolute Gasteiger partial charge is 0.396 e. The average Bonchev–Trinajstić information content (AvgIpc) is 1.97. The molecule has 0 saturated heterocycles. The first-order chi connectivity index (χ1) is 5.82. The number of hydrogen-bond donors (Lipinski definition) is 1. The first kappa shape index (κ1) is 9.76. The lowest BCUT2D eigenvalue weighted by Gasteiger charge is -2.08. The van der Waals surface area contributed by atoms with Crippen LogP contribution < -0.4 is 5.73 Å². The van der Waals surface area contributed by atoms with E-state index in [1.165, 1.54) is 13.8 Å². The topological polar surface area (TPSA) is 51.8 Å². The van der Waals surface area contributed by atoms with Gasteiger partial charge in [-0.15, -0.1) is 0 Å². The lowest BCUT2D eigenvalue weighted by molar-refractivity contribution is -0.145. The number of nitrogens with two attached hydrogens (primary N) is 1. The van der Waals surface area contributed by atoms with Crippen molar-refractivity contribution in [2.45, 2.75) is 20.0 Å². The molecule has 1 rings (SSSR count). The van der Waals surface area contributed by atoms with Crippen LogP contribution in [0.3, 0.4) is 0 Å². The molecule has 1 aromatic heterocycles. The van der Waals surface area contributed by atoms with E-state index in [9.17, 15) is 13.2 Å². The van der Waals surface area contributed by atoms with Crippen molar-refractivity contribution in [2.24, 2.45) is 0 Å². The molecule has 0 amide bonds. The summed E-state index contributed by atoms with van der Waals surface area (Å²) in [5.41, 5.74) is 5.91. The van der Waals surface area contributed by atoms with Gasteiger partial charge in [-0.3, -0.25) is 0 Å². The summed E-state index contributed by atoms with van der Waals surface area (Å²) >= 11 is 0. The van der Waals surface area contributed by atoms with Crippen LogP contribution in [0.4, 0.5) is 18.9 Å². The highest BCUT2D eigenvalue weighted by Crippen LogP contribution is 2.27. The van der Waals surface area contributed by atoms with Crippen LogP contribution in [-0.4, -0.2) is 9.97 Å². The van der Waals surface area contributed by atoms with Crippen LogP contribution >= 0.6 is 0 Å². The van der Waals surface area contributed by atoms with Crippen LogP contribution in [0.25, 0.3) is 0 Å². The highest BCUT2D eigenvalue weighted by Gasteiger charge is 2.35. The maximum atomic E-state index is 12.1. The first-order valence-electron chi connectivity index (χ1n) is 3.50. The summed E-state index contributed by atoms with van der Waals surface area (Å²) in [6.07, 6.45) is -4.51. The van der Waals surface area contributed by atoms with E-state index in [0.29, 0.717) is 0 Å². The van der Waals surface area contributed by atoms with Crippen molar-refractivity contribution < 1.29 is 13.2 Å². The summed E-state index contributed by atoms with van der Waals surface area (Å²) < 4.78 is 36.3. The van der Waals surface area contributed by atoms with Gasteiger partial charge >= 0.3 is 6.18 Å². The Morgan fingerprint density at radius 1 is 1.08 bits per heavy atom. The van der Waals surface area contributed by atoms with Gasteiger partial charge in [-0.2, -0.15) is 13.2 Å². The number of halogens is 3. The highest BCUT2D eigenvalue weighted by molar-refractivity contribution is 5.46. The molecule has 0 saturated carbocycles. The molecule has 0 aliphatic carbocycles. The third-order valence-corrected chi connectivity index (χ3v) is 1.58. The molecule has 0 fully saturated rings. The number of nitrogens with zero attached hydrogens (tertiary/aromatic N) is 2. The van der Waals surface area contributed by atoms with E-state index in [1.807, 2.05) is 0 Å². The van der Waals surface area contributed by atoms with E-state index in [2.05, 4.69) is 9.97 Å². The maximum Gasteiger partial charge on any atom is 0.451 e. The fourth-order valence-electron chi connectivity index (χ4n) is 0.852. The number of hydrogen-bond acceptors (Lipinski definition) is 3. The van der Waals surface area contributed by atoms with E-state index in [-0.39, 0.29) is 17.1 Å². The van der Waals surface area contributed by atoms with Crippen LogP contribution in [0.1, 0.15) is 17.2 Å². The van der Waals surface area contributed by atoms with Gasteiger partial charge in [-0.05, 0) is 13.8 Å². The predicted octanol–water partition coefficient (Wildman–Crippen LogP) is 1.69. The number of nitrogen functional groups attached to an aromatic ring is 1. The van der Waals surface area contributed by atoms with E-state index in [4.69, 9.17) is 5.73 Å². The Kier molecular flexibility index (Phi) is 2.15. The minimum absolute atomic E-state index is 0.153. The van der Waals surface area contributed by atoms with Gasteiger partial charge in [0.1, 0.15) is 0 Å². The number of anilines is 1. The Balaban J connectivity index is 3.29. The second-order valence-corrected chi connectivity index (χ2v) is 2.63. The van der Waals surface area contributed by atoms with Gasteiger partial charge in [-0.25, -0.2) is 9.97 Å². The minimum atomic E-state index is -4.51. The van der Waals surface area contributed by atoms with Gasteiger partial charge in [0.25, 0.3) is 0 Å². The fraction of sp³-hybridized carbons (Fsp3) is 0.429. The van der Waals surface area contributed by atoms with E-state index in [1.54, 1.807) is 0 Å². The molecule has 1 aromatic rings. The lowest BCUT2D eigenvalue weighted by Crippen LogP contribution is -2.14. The Hall–Kier alpha value is -1.33. The maximum absolute atomic E-state index is 12.1. The van der Waals surface area contributed by atoms with Crippen molar-refractivity contribution in [1.29, 1.82) is 0 Å². The van der Waals surface area contributed by atoms with Crippen LogP contribution in [0, 0.1) is 13.8 Å². The van der Waals surface area contributed by atoms with Crippen molar-refractivity contribution in [3.05, 3.63) is 17.2 Å². The third-order valence-electron chi connectivity index (χ3n) is 1.58. The largest absolute Gasteiger partial charge is 0.451 e. The van der Waals surface area contributed by atoms with E-state index < -0.39 is 12.0 Å².